The molecule has 0 spiro atoms. The third-order valence-electron chi connectivity index (χ3n) is 4.65. The van der Waals surface area contributed by atoms with Crippen molar-refractivity contribution in [1.29, 1.82) is 0 Å². The quantitative estimate of drug-likeness (QED) is 0.224. The average Bonchev–Trinajstić information content (AvgIpc) is 3.07. The number of para-hydroxylation sites is 1. The van der Waals surface area contributed by atoms with Crippen LogP contribution >= 0.6 is 55.8 Å². The Morgan fingerprint density at radius 3 is 2.47 bits per heavy atom. The van der Waals surface area contributed by atoms with Gasteiger partial charge in [-0.15, -0.1) is 0 Å². The van der Waals surface area contributed by atoms with Gasteiger partial charge in [-0.3, -0.25) is 9.69 Å². The van der Waals surface area contributed by atoms with Gasteiger partial charge in [0.25, 0.3) is 5.91 Å². The van der Waals surface area contributed by atoms with Crippen LogP contribution in [0.3, 0.4) is 0 Å². The third-order valence-corrected chi connectivity index (χ3v) is 7.07. The van der Waals surface area contributed by atoms with E-state index >= 15 is 0 Å². The molecule has 0 N–H and O–H groups in total. The molecule has 0 radical (unpaired) electrons. The molecule has 0 unspecified atom stereocenters. The average molecular weight is 591 g/mol. The molecule has 3 aromatic rings. The number of carbonyl (C=O) groups excluding carboxylic acids is 1. The maximum atomic E-state index is 13.0. The van der Waals surface area contributed by atoms with Gasteiger partial charge in [0.2, 0.25) is 0 Å². The highest BCUT2D eigenvalue weighted by Gasteiger charge is 2.33. The standard InChI is InChI=1S/C24H17Br2NO3S2/c1-29-20-12-16(11-19(26)22(20)30-14-15-7-9-17(25)10-8-15)13-21-23(28)27(24(31)32-21)18-5-3-2-4-6-18/h2-13H,14H2,1H3/b21-13+. The lowest BCUT2D eigenvalue weighted by atomic mass is 10.1. The van der Waals surface area contributed by atoms with E-state index in [-0.39, 0.29) is 5.91 Å². The van der Waals surface area contributed by atoms with Gasteiger partial charge in [0.15, 0.2) is 15.8 Å². The zero-order valence-electron chi connectivity index (χ0n) is 16.9. The SMILES string of the molecule is COc1cc(/C=C2/SC(=S)N(c3ccccc3)C2=O)cc(Br)c1OCc1ccc(Br)cc1. The number of benzene rings is 3. The number of anilines is 1. The van der Waals surface area contributed by atoms with Gasteiger partial charge in [-0.1, -0.05) is 70.2 Å². The van der Waals surface area contributed by atoms with E-state index in [1.807, 2.05) is 72.8 Å². The lowest BCUT2D eigenvalue weighted by Crippen LogP contribution is -2.27. The van der Waals surface area contributed by atoms with Crippen LogP contribution in [0.5, 0.6) is 11.5 Å². The molecule has 1 aliphatic rings. The van der Waals surface area contributed by atoms with E-state index in [0.29, 0.717) is 27.3 Å². The van der Waals surface area contributed by atoms with Gasteiger partial charge in [0.05, 0.1) is 22.2 Å². The van der Waals surface area contributed by atoms with E-state index in [4.69, 9.17) is 21.7 Å². The fraction of sp³-hybridized carbons (Fsp3) is 0.0833. The summed E-state index contributed by atoms with van der Waals surface area (Å²) in [6, 6.07) is 21.1. The Kier molecular flexibility index (Phi) is 7.35. The Labute approximate surface area is 212 Å². The summed E-state index contributed by atoms with van der Waals surface area (Å²) in [6.45, 7) is 0.400. The van der Waals surface area contributed by atoms with Crippen molar-refractivity contribution in [2.75, 3.05) is 12.0 Å². The number of nitrogens with zero attached hydrogens (tertiary/aromatic N) is 1. The summed E-state index contributed by atoms with van der Waals surface area (Å²) < 4.78 is 13.8. The van der Waals surface area contributed by atoms with Crippen LogP contribution in [0.1, 0.15) is 11.1 Å². The van der Waals surface area contributed by atoms with Gasteiger partial charge < -0.3 is 9.47 Å². The van der Waals surface area contributed by atoms with E-state index in [1.54, 1.807) is 12.0 Å². The van der Waals surface area contributed by atoms with Crippen molar-refractivity contribution in [3.05, 3.63) is 91.7 Å². The summed E-state index contributed by atoms with van der Waals surface area (Å²) in [5.74, 6) is 1.03. The lowest BCUT2D eigenvalue weighted by molar-refractivity contribution is -0.113. The van der Waals surface area contributed by atoms with E-state index in [0.717, 1.165) is 25.8 Å². The van der Waals surface area contributed by atoms with Crippen molar-refractivity contribution in [2.45, 2.75) is 6.61 Å². The van der Waals surface area contributed by atoms with Crippen LogP contribution in [0.4, 0.5) is 5.69 Å². The van der Waals surface area contributed by atoms with E-state index in [9.17, 15) is 4.79 Å². The second-order valence-electron chi connectivity index (χ2n) is 6.80. The van der Waals surface area contributed by atoms with Gasteiger partial charge in [0.1, 0.15) is 6.61 Å². The predicted octanol–water partition coefficient (Wildman–Crippen LogP) is 7.21. The first-order chi connectivity index (χ1) is 15.5. The highest BCUT2D eigenvalue weighted by molar-refractivity contribution is 9.10. The van der Waals surface area contributed by atoms with E-state index in [1.165, 1.54) is 11.8 Å². The number of thioether (sulfide) groups is 1. The Hall–Kier alpha value is -2.13. The van der Waals surface area contributed by atoms with Crippen LogP contribution in [0.2, 0.25) is 0 Å². The normalized spacial score (nSPS) is 14.8. The van der Waals surface area contributed by atoms with E-state index < -0.39 is 0 Å². The number of hydrogen-bond donors (Lipinski definition) is 0. The second kappa shape index (κ2) is 10.2. The minimum Gasteiger partial charge on any atom is -0.493 e. The molecule has 8 heteroatoms. The van der Waals surface area contributed by atoms with Crippen LogP contribution < -0.4 is 14.4 Å². The van der Waals surface area contributed by atoms with Gasteiger partial charge in [0, 0.05) is 4.47 Å². The smallest absolute Gasteiger partial charge is 0.270 e. The highest BCUT2D eigenvalue weighted by Crippen LogP contribution is 2.40. The largest absolute Gasteiger partial charge is 0.493 e. The first-order valence-corrected chi connectivity index (χ1v) is 12.3. The number of methoxy groups -OCH3 is 1. The van der Waals surface area contributed by atoms with Gasteiger partial charge in [-0.25, -0.2) is 0 Å². The first kappa shape index (κ1) is 23.0. The number of thiocarbonyl (C=S) groups is 1. The zero-order chi connectivity index (χ0) is 22.7. The van der Waals surface area contributed by atoms with Crippen molar-refractivity contribution in [3.8, 4) is 11.5 Å². The lowest BCUT2D eigenvalue weighted by Gasteiger charge is -2.14. The Bertz CT molecular complexity index is 1200. The second-order valence-corrected chi connectivity index (χ2v) is 10.2. The number of halogens is 2. The number of hydrogen-bond acceptors (Lipinski definition) is 5. The summed E-state index contributed by atoms with van der Waals surface area (Å²) >= 11 is 13.7. The van der Waals surface area contributed by atoms with E-state index in [2.05, 4.69) is 31.9 Å². The van der Waals surface area contributed by atoms with Crippen molar-refractivity contribution in [2.24, 2.45) is 0 Å². The first-order valence-electron chi connectivity index (χ1n) is 9.54. The number of carbonyl (C=O) groups is 1. The predicted molar refractivity (Wildman–Crippen MR) is 141 cm³/mol. The van der Waals surface area contributed by atoms with Crippen LogP contribution in [0.15, 0.2) is 80.6 Å². The Morgan fingerprint density at radius 1 is 1.06 bits per heavy atom. The fourth-order valence-electron chi connectivity index (χ4n) is 3.12. The molecule has 4 nitrogen and oxygen atoms in total. The molecular weight excluding hydrogens is 574 g/mol. The minimum absolute atomic E-state index is 0.142. The topological polar surface area (TPSA) is 38.8 Å². The van der Waals surface area contributed by atoms with Crippen LogP contribution in [-0.2, 0) is 11.4 Å². The third kappa shape index (κ3) is 5.09. The van der Waals surface area contributed by atoms with Crippen molar-refractivity contribution in [3.63, 3.8) is 0 Å². The molecule has 1 aliphatic heterocycles. The van der Waals surface area contributed by atoms with Gasteiger partial charge in [-0.05, 0) is 69.5 Å². The summed E-state index contributed by atoms with van der Waals surface area (Å²) in [5.41, 5.74) is 2.60. The Morgan fingerprint density at radius 2 is 1.78 bits per heavy atom. The highest BCUT2D eigenvalue weighted by atomic mass is 79.9. The molecule has 0 saturated carbocycles. The molecule has 162 valence electrons. The summed E-state index contributed by atoms with van der Waals surface area (Å²) in [6.07, 6.45) is 1.81. The van der Waals surface area contributed by atoms with Crippen LogP contribution in [-0.4, -0.2) is 17.3 Å². The van der Waals surface area contributed by atoms with Crippen LogP contribution in [0.25, 0.3) is 6.08 Å². The summed E-state index contributed by atoms with van der Waals surface area (Å²) in [4.78, 5) is 15.1. The van der Waals surface area contributed by atoms with Crippen molar-refractivity contribution < 1.29 is 14.3 Å². The van der Waals surface area contributed by atoms with Gasteiger partial charge >= 0.3 is 0 Å². The molecule has 1 fully saturated rings. The molecule has 4 rings (SSSR count). The number of ether oxygens (including phenoxy) is 2. The van der Waals surface area contributed by atoms with Crippen LogP contribution in [0, 0.1) is 0 Å². The molecular formula is C24H17Br2NO3S2. The molecule has 3 aromatic carbocycles. The molecule has 1 saturated heterocycles. The molecule has 0 aliphatic carbocycles. The van der Waals surface area contributed by atoms with Crippen molar-refractivity contribution in [1.82, 2.24) is 0 Å². The van der Waals surface area contributed by atoms with Crippen molar-refractivity contribution >= 4 is 77.8 Å². The minimum atomic E-state index is -0.142. The molecule has 0 bridgehead atoms. The maximum Gasteiger partial charge on any atom is 0.270 e. The Balaban J connectivity index is 1.57. The molecule has 0 aromatic heterocycles. The maximum absolute atomic E-state index is 13.0. The zero-order valence-corrected chi connectivity index (χ0v) is 21.7. The molecule has 1 amide bonds. The molecule has 32 heavy (non-hydrogen) atoms. The number of amides is 1. The molecule has 1 heterocycles. The summed E-state index contributed by atoms with van der Waals surface area (Å²) in [5, 5.41) is 0. The monoisotopic (exact) mass is 589 g/mol. The number of rotatable bonds is 6. The fourth-order valence-corrected chi connectivity index (χ4v) is 5.26. The molecule has 0 atom stereocenters. The summed E-state index contributed by atoms with van der Waals surface area (Å²) in [7, 11) is 1.59. The van der Waals surface area contributed by atoms with Gasteiger partial charge in [-0.2, -0.15) is 0 Å².